The van der Waals surface area contributed by atoms with Crippen LogP contribution in [0.1, 0.15) is 31.7 Å². The summed E-state index contributed by atoms with van der Waals surface area (Å²) in [6.07, 6.45) is 3.08. The van der Waals surface area contributed by atoms with Gasteiger partial charge < -0.3 is 9.47 Å². The second-order valence-corrected chi connectivity index (χ2v) is 5.34. The molecule has 3 heteroatoms. The van der Waals surface area contributed by atoms with Gasteiger partial charge in [0.25, 0.3) is 0 Å². The van der Waals surface area contributed by atoms with Crippen molar-refractivity contribution in [1.82, 2.24) is 0 Å². The summed E-state index contributed by atoms with van der Waals surface area (Å²) in [5.74, 6) is 0.246. The van der Waals surface area contributed by atoms with E-state index in [2.05, 4.69) is 12.1 Å². The van der Waals surface area contributed by atoms with Gasteiger partial charge in [0.05, 0.1) is 12.2 Å². The third-order valence-corrected chi connectivity index (χ3v) is 4.07. The SMILES string of the molecule is CC(=O)OC1CC[C@]2(OCc3ccccc3)C[C@H]12. The number of ether oxygens (including phenoxy) is 2. The fourth-order valence-corrected chi connectivity index (χ4v) is 3.05. The van der Waals surface area contributed by atoms with Crippen molar-refractivity contribution in [1.29, 1.82) is 0 Å². The van der Waals surface area contributed by atoms with E-state index >= 15 is 0 Å². The summed E-state index contributed by atoms with van der Waals surface area (Å²) in [7, 11) is 0. The number of fused-ring (bicyclic) bond motifs is 1. The molecular formula is C15H18O3. The summed E-state index contributed by atoms with van der Waals surface area (Å²) in [6, 6.07) is 10.2. The first-order chi connectivity index (χ1) is 8.70. The third kappa shape index (κ3) is 2.15. The van der Waals surface area contributed by atoms with E-state index in [1.165, 1.54) is 12.5 Å². The van der Waals surface area contributed by atoms with Gasteiger partial charge in [-0.05, 0) is 24.8 Å². The molecule has 1 aromatic carbocycles. The largest absolute Gasteiger partial charge is 0.462 e. The zero-order valence-electron chi connectivity index (χ0n) is 10.6. The quantitative estimate of drug-likeness (QED) is 0.766. The Morgan fingerprint density at radius 1 is 1.39 bits per heavy atom. The van der Waals surface area contributed by atoms with E-state index in [0.717, 1.165) is 19.3 Å². The molecule has 0 amide bonds. The van der Waals surface area contributed by atoms with Crippen molar-refractivity contribution in [3.8, 4) is 0 Å². The minimum absolute atomic E-state index is 0.00401. The van der Waals surface area contributed by atoms with E-state index in [1.54, 1.807) is 0 Å². The van der Waals surface area contributed by atoms with Crippen LogP contribution in [0.15, 0.2) is 30.3 Å². The maximum atomic E-state index is 11.0. The van der Waals surface area contributed by atoms with Crippen LogP contribution >= 0.6 is 0 Å². The Labute approximate surface area is 107 Å². The van der Waals surface area contributed by atoms with Gasteiger partial charge in [-0.3, -0.25) is 4.79 Å². The smallest absolute Gasteiger partial charge is 0.302 e. The maximum Gasteiger partial charge on any atom is 0.302 e. The minimum Gasteiger partial charge on any atom is -0.462 e. The van der Waals surface area contributed by atoms with Crippen LogP contribution in [0, 0.1) is 5.92 Å². The molecule has 0 N–H and O–H groups in total. The molecule has 0 saturated heterocycles. The first-order valence-corrected chi connectivity index (χ1v) is 6.55. The Morgan fingerprint density at radius 2 is 2.17 bits per heavy atom. The highest BCUT2D eigenvalue weighted by atomic mass is 16.6. The Kier molecular flexibility index (Phi) is 2.86. The van der Waals surface area contributed by atoms with Crippen LogP contribution in [0.3, 0.4) is 0 Å². The Morgan fingerprint density at radius 3 is 2.83 bits per heavy atom. The Balaban J connectivity index is 1.55. The number of carbonyl (C=O) groups excluding carboxylic acids is 1. The first-order valence-electron chi connectivity index (χ1n) is 6.55. The van der Waals surface area contributed by atoms with Crippen molar-refractivity contribution in [2.45, 2.75) is 44.5 Å². The molecule has 96 valence electrons. The van der Waals surface area contributed by atoms with Crippen molar-refractivity contribution in [3.05, 3.63) is 35.9 Å². The highest BCUT2D eigenvalue weighted by Gasteiger charge is 2.64. The van der Waals surface area contributed by atoms with E-state index in [9.17, 15) is 4.79 Å². The van der Waals surface area contributed by atoms with E-state index in [0.29, 0.717) is 12.5 Å². The molecule has 3 nitrogen and oxygen atoms in total. The molecule has 2 aliphatic carbocycles. The van der Waals surface area contributed by atoms with Gasteiger partial charge in [0.15, 0.2) is 0 Å². The van der Waals surface area contributed by atoms with Gasteiger partial charge in [0.1, 0.15) is 6.10 Å². The van der Waals surface area contributed by atoms with Crippen LogP contribution in [0.25, 0.3) is 0 Å². The first kappa shape index (κ1) is 11.7. The molecular weight excluding hydrogens is 228 g/mol. The van der Waals surface area contributed by atoms with E-state index in [-0.39, 0.29) is 17.7 Å². The van der Waals surface area contributed by atoms with Crippen molar-refractivity contribution in [3.63, 3.8) is 0 Å². The van der Waals surface area contributed by atoms with Crippen LogP contribution in [0.5, 0.6) is 0 Å². The average molecular weight is 246 g/mol. The summed E-state index contributed by atoms with van der Waals surface area (Å²) in [6.45, 7) is 2.14. The summed E-state index contributed by atoms with van der Waals surface area (Å²) in [4.78, 5) is 11.0. The highest BCUT2D eigenvalue weighted by Crippen LogP contribution is 2.59. The number of esters is 1. The normalized spacial score (nSPS) is 32.9. The molecule has 0 aromatic heterocycles. The molecule has 2 saturated carbocycles. The second-order valence-electron chi connectivity index (χ2n) is 5.34. The molecule has 18 heavy (non-hydrogen) atoms. The van der Waals surface area contributed by atoms with Crippen LogP contribution in [-0.4, -0.2) is 17.7 Å². The number of hydrogen-bond donors (Lipinski definition) is 0. The zero-order valence-corrected chi connectivity index (χ0v) is 10.6. The lowest BCUT2D eigenvalue weighted by Crippen LogP contribution is -2.17. The van der Waals surface area contributed by atoms with Crippen molar-refractivity contribution < 1.29 is 14.3 Å². The predicted octanol–water partition coefficient (Wildman–Crippen LogP) is 2.69. The minimum atomic E-state index is -0.175. The monoisotopic (exact) mass is 246 g/mol. The number of benzene rings is 1. The lowest BCUT2D eigenvalue weighted by atomic mass is 10.2. The molecule has 1 unspecified atom stereocenters. The van der Waals surface area contributed by atoms with E-state index in [1.807, 2.05) is 18.2 Å². The van der Waals surface area contributed by atoms with Crippen LogP contribution < -0.4 is 0 Å². The van der Waals surface area contributed by atoms with Crippen LogP contribution in [-0.2, 0) is 20.9 Å². The van der Waals surface area contributed by atoms with Crippen molar-refractivity contribution in [2.75, 3.05) is 0 Å². The standard InChI is InChI=1S/C15H18O3/c1-11(16)18-14-7-8-15(9-13(14)15)17-10-12-5-3-2-4-6-12/h2-6,13-14H,7-10H2,1H3/t13-,14?,15+/m1/s1. The lowest BCUT2D eigenvalue weighted by Gasteiger charge is -2.13. The average Bonchev–Trinajstić information content (AvgIpc) is 3.00. The Hall–Kier alpha value is -1.35. The van der Waals surface area contributed by atoms with Gasteiger partial charge in [-0.15, -0.1) is 0 Å². The molecule has 3 rings (SSSR count). The molecule has 0 radical (unpaired) electrons. The molecule has 2 aliphatic rings. The Bertz CT molecular complexity index is 442. The summed E-state index contributed by atoms with van der Waals surface area (Å²) in [5, 5.41) is 0. The molecule has 1 aromatic rings. The molecule has 0 aliphatic heterocycles. The topological polar surface area (TPSA) is 35.5 Å². The number of rotatable bonds is 4. The molecule has 0 heterocycles. The predicted molar refractivity (Wildman–Crippen MR) is 66.9 cm³/mol. The highest BCUT2D eigenvalue weighted by molar-refractivity contribution is 5.66. The summed E-state index contributed by atoms with van der Waals surface area (Å²) in [5.41, 5.74) is 1.20. The fourth-order valence-electron chi connectivity index (χ4n) is 3.05. The molecule has 0 bridgehead atoms. The van der Waals surface area contributed by atoms with Gasteiger partial charge in [-0.25, -0.2) is 0 Å². The van der Waals surface area contributed by atoms with E-state index in [4.69, 9.17) is 9.47 Å². The van der Waals surface area contributed by atoms with Crippen molar-refractivity contribution >= 4 is 5.97 Å². The molecule has 3 atom stereocenters. The summed E-state index contributed by atoms with van der Waals surface area (Å²) < 4.78 is 11.4. The number of carbonyl (C=O) groups is 1. The maximum absolute atomic E-state index is 11.0. The van der Waals surface area contributed by atoms with Gasteiger partial charge in [-0.2, -0.15) is 0 Å². The second kappa shape index (κ2) is 4.39. The fraction of sp³-hybridized carbons (Fsp3) is 0.533. The van der Waals surface area contributed by atoms with Crippen LogP contribution in [0.4, 0.5) is 0 Å². The van der Waals surface area contributed by atoms with Crippen molar-refractivity contribution in [2.24, 2.45) is 5.92 Å². The summed E-state index contributed by atoms with van der Waals surface area (Å²) >= 11 is 0. The number of hydrogen-bond acceptors (Lipinski definition) is 3. The van der Waals surface area contributed by atoms with Gasteiger partial charge in [0, 0.05) is 12.8 Å². The van der Waals surface area contributed by atoms with Crippen LogP contribution in [0.2, 0.25) is 0 Å². The molecule has 0 spiro atoms. The van der Waals surface area contributed by atoms with E-state index < -0.39 is 0 Å². The lowest BCUT2D eigenvalue weighted by molar-refractivity contribution is -0.147. The molecule has 2 fully saturated rings. The van der Waals surface area contributed by atoms with Gasteiger partial charge in [-0.1, -0.05) is 30.3 Å². The van der Waals surface area contributed by atoms with Gasteiger partial charge >= 0.3 is 5.97 Å². The zero-order chi connectivity index (χ0) is 12.6. The third-order valence-electron chi connectivity index (χ3n) is 4.07. The van der Waals surface area contributed by atoms with Gasteiger partial charge in [0.2, 0.25) is 0 Å².